The van der Waals surface area contributed by atoms with E-state index in [1.165, 1.54) is 17.5 Å². The second kappa shape index (κ2) is 6.71. The van der Waals surface area contributed by atoms with Gasteiger partial charge in [0.05, 0.1) is 0 Å². The second-order valence-corrected chi connectivity index (χ2v) is 5.71. The third-order valence-electron chi connectivity index (χ3n) is 3.80. The van der Waals surface area contributed by atoms with Gasteiger partial charge in [0.25, 0.3) is 0 Å². The van der Waals surface area contributed by atoms with E-state index in [2.05, 4.69) is 48.5 Å². The van der Waals surface area contributed by atoms with E-state index in [1.807, 2.05) is 0 Å². The molecule has 0 radical (unpaired) electrons. The highest BCUT2D eigenvalue weighted by Gasteiger charge is 2.19. The number of hydrogen-bond acceptors (Lipinski definition) is 2. The van der Waals surface area contributed by atoms with Crippen molar-refractivity contribution in [3.63, 3.8) is 0 Å². The zero-order valence-corrected chi connectivity index (χ0v) is 12.0. The van der Waals surface area contributed by atoms with E-state index in [0.717, 1.165) is 26.1 Å². The molecule has 1 unspecified atom stereocenters. The fraction of sp³-hybridized carbons (Fsp3) is 0.562. The van der Waals surface area contributed by atoms with Gasteiger partial charge in [0.15, 0.2) is 0 Å². The van der Waals surface area contributed by atoms with Crippen molar-refractivity contribution in [3.8, 4) is 0 Å². The molecule has 0 bridgehead atoms. The van der Waals surface area contributed by atoms with Crippen LogP contribution in [-0.2, 0) is 11.2 Å². The van der Waals surface area contributed by atoms with Gasteiger partial charge in [0, 0.05) is 19.5 Å². The maximum Gasteiger partial charge on any atom is 0.220 e. The maximum absolute atomic E-state index is 11.8. The predicted molar refractivity (Wildman–Crippen MR) is 78.1 cm³/mol. The third kappa shape index (κ3) is 4.67. The highest BCUT2D eigenvalue weighted by Crippen LogP contribution is 2.13. The Kier molecular flexibility index (Phi) is 4.97. The minimum atomic E-state index is 0.177. The first-order chi connectivity index (χ1) is 9.13. The van der Waals surface area contributed by atoms with Crippen LogP contribution in [0.25, 0.3) is 0 Å². The summed E-state index contributed by atoms with van der Waals surface area (Å²) in [5, 5.41) is 3.06. The Hall–Kier alpha value is -1.35. The van der Waals surface area contributed by atoms with E-state index in [4.69, 9.17) is 0 Å². The number of rotatable bonds is 5. The topological polar surface area (TPSA) is 32.3 Å². The lowest BCUT2D eigenvalue weighted by Gasteiger charge is -2.11. The minimum Gasteiger partial charge on any atom is -0.356 e. The molecule has 1 aromatic rings. The highest BCUT2D eigenvalue weighted by molar-refractivity contribution is 5.76. The monoisotopic (exact) mass is 260 g/mol. The molecule has 19 heavy (non-hydrogen) atoms. The number of amides is 1. The summed E-state index contributed by atoms with van der Waals surface area (Å²) in [4.78, 5) is 14.1. The number of carbonyl (C=O) groups is 1. The van der Waals surface area contributed by atoms with Gasteiger partial charge >= 0.3 is 0 Å². The molecule has 1 atom stereocenters. The summed E-state index contributed by atoms with van der Waals surface area (Å²) >= 11 is 0. The Morgan fingerprint density at radius 1 is 1.47 bits per heavy atom. The zero-order valence-electron chi connectivity index (χ0n) is 12.0. The number of likely N-dealkylation sites (tertiary alicyclic amines) is 1. The van der Waals surface area contributed by atoms with E-state index >= 15 is 0 Å². The average molecular weight is 260 g/mol. The molecular weight excluding hydrogens is 236 g/mol. The summed E-state index contributed by atoms with van der Waals surface area (Å²) in [5.74, 6) is 0.809. The van der Waals surface area contributed by atoms with Crippen molar-refractivity contribution in [3.05, 3.63) is 35.4 Å². The second-order valence-electron chi connectivity index (χ2n) is 5.71. The van der Waals surface area contributed by atoms with E-state index in [9.17, 15) is 4.79 Å². The highest BCUT2D eigenvalue weighted by atomic mass is 16.1. The van der Waals surface area contributed by atoms with E-state index in [1.54, 1.807) is 0 Å². The van der Waals surface area contributed by atoms with Gasteiger partial charge in [-0.15, -0.1) is 0 Å². The number of benzene rings is 1. The van der Waals surface area contributed by atoms with Crippen molar-refractivity contribution in [1.29, 1.82) is 0 Å². The van der Waals surface area contributed by atoms with E-state index < -0.39 is 0 Å². The molecule has 1 aromatic carbocycles. The number of hydrogen-bond donors (Lipinski definition) is 1. The number of carbonyl (C=O) groups excluding carboxylic acids is 1. The van der Waals surface area contributed by atoms with Crippen LogP contribution in [0.15, 0.2) is 24.3 Å². The molecular formula is C16H24N2O. The standard InChI is InChI=1S/C16H24N2O/c1-13-4-3-5-14(10-13)6-7-16(19)17-11-15-8-9-18(2)12-15/h3-5,10,15H,6-9,11-12H2,1-2H3,(H,17,19). The Morgan fingerprint density at radius 3 is 3.00 bits per heavy atom. The quantitative estimate of drug-likeness (QED) is 0.878. The minimum absolute atomic E-state index is 0.177. The molecule has 0 saturated carbocycles. The van der Waals surface area contributed by atoms with Crippen LogP contribution in [-0.4, -0.2) is 37.5 Å². The normalized spacial score (nSPS) is 19.6. The summed E-state index contributed by atoms with van der Waals surface area (Å²) in [6.07, 6.45) is 2.62. The Labute approximate surface area is 116 Å². The van der Waals surface area contributed by atoms with Crippen LogP contribution in [0.5, 0.6) is 0 Å². The van der Waals surface area contributed by atoms with Crippen molar-refractivity contribution < 1.29 is 4.79 Å². The molecule has 1 N–H and O–H groups in total. The summed E-state index contributed by atoms with van der Waals surface area (Å²) in [6.45, 7) is 5.18. The zero-order chi connectivity index (χ0) is 13.7. The Morgan fingerprint density at radius 2 is 2.32 bits per heavy atom. The predicted octanol–water partition coefficient (Wildman–Crippen LogP) is 2.00. The van der Waals surface area contributed by atoms with Gasteiger partial charge in [-0.3, -0.25) is 4.79 Å². The van der Waals surface area contributed by atoms with Gasteiger partial charge in [-0.05, 0) is 44.8 Å². The molecule has 3 heteroatoms. The molecule has 2 rings (SSSR count). The van der Waals surface area contributed by atoms with Gasteiger partial charge in [0.1, 0.15) is 0 Å². The van der Waals surface area contributed by atoms with E-state index in [0.29, 0.717) is 12.3 Å². The number of nitrogens with zero attached hydrogens (tertiary/aromatic N) is 1. The fourth-order valence-corrected chi connectivity index (χ4v) is 2.67. The lowest BCUT2D eigenvalue weighted by Crippen LogP contribution is -2.30. The molecule has 0 spiro atoms. The first kappa shape index (κ1) is 14.1. The Bertz CT molecular complexity index is 431. The van der Waals surface area contributed by atoms with Gasteiger partial charge in [-0.2, -0.15) is 0 Å². The van der Waals surface area contributed by atoms with Gasteiger partial charge < -0.3 is 10.2 Å². The summed E-state index contributed by atoms with van der Waals surface area (Å²) in [5.41, 5.74) is 2.50. The summed E-state index contributed by atoms with van der Waals surface area (Å²) < 4.78 is 0. The molecule has 1 heterocycles. The van der Waals surface area contributed by atoms with Crippen molar-refractivity contribution in [2.75, 3.05) is 26.7 Å². The largest absolute Gasteiger partial charge is 0.356 e. The van der Waals surface area contributed by atoms with Crippen molar-refractivity contribution in [1.82, 2.24) is 10.2 Å². The van der Waals surface area contributed by atoms with Gasteiger partial charge in [0.2, 0.25) is 5.91 Å². The molecule has 1 amide bonds. The van der Waals surface area contributed by atoms with Crippen LogP contribution in [0.3, 0.4) is 0 Å². The third-order valence-corrected chi connectivity index (χ3v) is 3.80. The van der Waals surface area contributed by atoms with Crippen LogP contribution in [0.2, 0.25) is 0 Å². The fourth-order valence-electron chi connectivity index (χ4n) is 2.67. The molecule has 104 valence electrons. The molecule has 3 nitrogen and oxygen atoms in total. The van der Waals surface area contributed by atoms with Crippen LogP contribution in [0.1, 0.15) is 24.0 Å². The Balaban J connectivity index is 1.67. The maximum atomic E-state index is 11.8. The van der Waals surface area contributed by atoms with Crippen LogP contribution in [0, 0.1) is 12.8 Å². The molecule has 1 fully saturated rings. The summed E-state index contributed by atoms with van der Waals surface area (Å²) in [6, 6.07) is 8.38. The first-order valence-electron chi connectivity index (χ1n) is 7.14. The lowest BCUT2D eigenvalue weighted by molar-refractivity contribution is -0.121. The van der Waals surface area contributed by atoms with E-state index in [-0.39, 0.29) is 5.91 Å². The molecule has 0 aliphatic carbocycles. The van der Waals surface area contributed by atoms with Crippen LogP contribution < -0.4 is 5.32 Å². The van der Waals surface area contributed by atoms with Crippen LogP contribution >= 0.6 is 0 Å². The number of nitrogens with one attached hydrogen (secondary N) is 1. The lowest BCUT2D eigenvalue weighted by atomic mass is 10.1. The van der Waals surface area contributed by atoms with Crippen molar-refractivity contribution in [2.45, 2.75) is 26.2 Å². The molecule has 1 saturated heterocycles. The first-order valence-corrected chi connectivity index (χ1v) is 7.14. The average Bonchev–Trinajstić information content (AvgIpc) is 2.80. The SMILES string of the molecule is Cc1cccc(CCC(=O)NCC2CCN(C)C2)c1. The smallest absolute Gasteiger partial charge is 0.220 e. The van der Waals surface area contributed by atoms with Crippen molar-refractivity contribution in [2.24, 2.45) is 5.92 Å². The van der Waals surface area contributed by atoms with Crippen LogP contribution in [0.4, 0.5) is 0 Å². The molecule has 1 aliphatic rings. The molecule has 0 aromatic heterocycles. The number of aryl methyl sites for hydroxylation is 2. The van der Waals surface area contributed by atoms with Crippen molar-refractivity contribution >= 4 is 5.91 Å². The van der Waals surface area contributed by atoms with Gasteiger partial charge in [-0.25, -0.2) is 0 Å². The molecule has 1 aliphatic heterocycles. The summed E-state index contributed by atoms with van der Waals surface area (Å²) in [7, 11) is 2.14. The van der Waals surface area contributed by atoms with Gasteiger partial charge in [-0.1, -0.05) is 29.8 Å².